The first kappa shape index (κ1) is 10.5. The average Bonchev–Trinajstić information content (AvgIpc) is 2.99. The van der Waals surface area contributed by atoms with Crippen LogP contribution in [0.2, 0.25) is 5.02 Å². The Morgan fingerprint density at radius 1 is 1.40 bits per heavy atom. The summed E-state index contributed by atoms with van der Waals surface area (Å²) in [5.74, 6) is -0.954. The number of carboxylic acids is 1. The number of carbonyl (C=O) groups is 1. The lowest BCUT2D eigenvalue weighted by Gasteiger charge is -2.13. The van der Waals surface area contributed by atoms with Gasteiger partial charge in [-0.05, 0) is 30.5 Å². The number of ether oxygens (including phenoxy) is 1. The van der Waals surface area contributed by atoms with Gasteiger partial charge in [-0.2, -0.15) is 0 Å². The van der Waals surface area contributed by atoms with E-state index in [0.29, 0.717) is 10.6 Å². The van der Waals surface area contributed by atoms with E-state index in [1.54, 1.807) is 24.3 Å². The second-order valence-corrected chi connectivity index (χ2v) is 4.04. The number of rotatable bonds is 4. The van der Waals surface area contributed by atoms with Crippen molar-refractivity contribution in [2.75, 3.05) is 0 Å². The maximum Gasteiger partial charge on any atom is 0.337 e. The van der Waals surface area contributed by atoms with Crippen LogP contribution in [0.3, 0.4) is 0 Å². The summed E-state index contributed by atoms with van der Waals surface area (Å²) in [7, 11) is 0. The minimum absolute atomic E-state index is 0.113. The smallest absolute Gasteiger partial charge is 0.337 e. The van der Waals surface area contributed by atoms with Crippen molar-refractivity contribution < 1.29 is 14.6 Å². The summed E-state index contributed by atoms with van der Waals surface area (Å²) < 4.78 is 5.41. The second-order valence-electron chi connectivity index (χ2n) is 3.61. The summed E-state index contributed by atoms with van der Waals surface area (Å²) in [6.07, 6.45) is 1.16. The van der Waals surface area contributed by atoms with Gasteiger partial charge in [-0.3, -0.25) is 0 Å². The highest BCUT2D eigenvalue weighted by Crippen LogP contribution is 2.31. The highest BCUT2D eigenvalue weighted by molar-refractivity contribution is 6.30. The summed E-state index contributed by atoms with van der Waals surface area (Å²) in [4.78, 5) is 11.0. The lowest BCUT2D eigenvalue weighted by Crippen LogP contribution is -2.16. The van der Waals surface area contributed by atoms with Gasteiger partial charge in [0.1, 0.15) is 0 Å². The summed E-state index contributed by atoms with van der Waals surface area (Å²) in [5.41, 5.74) is 0.638. The quantitative estimate of drug-likeness (QED) is 0.859. The van der Waals surface area contributed by atoms with Gasteiger partial charge in [0.2, 0.25) is 0 Å². The van der Waals surface area contributed by atoms with E-state index < -0.39 is 12.1 Å². The van der Waals surface area contributed by atoms with Crippen LogP contribution in [0.15, 0.2) is 24.3 Å². The molecule has 3 nitrogen and oxygen atoms in total. The normalized spacial score (nSPS) is 17.4. The monoisotopic (exact) mass is 226 g/mol. The van der Waals surface area contributed by atoms with Gasteiger partial charge in [-0.15, -0.1) is 0 Å². The lowest BCUT2D eigenvalue weighted by atomic mass is 10.1. The molecule has 0 amide bonds. The summed E-state index contributed by atoms with van der Waals surface area (Å²) in [5, 5.41) is 9.61. The van der Waals surface area contributed by atoms with Crippen LogP contribution in [-0.2, 0) is 9.53 Å². The molecule has 1 aliphatic rings. The summed E-state index contributed by atoms with van der Waals surface area (Å²) in [6, 6.07) is 6.71. The molecule has 2 rings (SSSR count). The molecular formula is C11H11ClO3. The molecule has 1 N–H and O–H groups in total. The van der Waals surface area contributed by atoms with Gasteiger partial charge in [0.25, 0.3) is 0 Å². The molecule has 0 spiro atoms. The van der Waals surface area contributed by atoms with Crippen LogP contribution in [-0.4, -0.2) is 17.2 Å². The molecule has 0 aliphatic heterocycles. The topological polar surface area (TPSA) is 46.5 Å². The third-order valence-corrected chi connectivity index (χ3v) is 2.50. The van der Waals surface area contributed by atoms with Crippen molar-refractivity contribution in [1.82, 2.24) is 0 Å². The zero-order chi connectivity index (χ0) is 10.8. The van der Waals surface area contributed by atoms with E-state index in [-0.39, 0.29) is 6.10 Å². The van der Waals surface area contributed by atoms with E-state index in [1.807, 2.05) is 0 Å². The van der Waals surface area contributed by atoms with Gasteiger partial charge < -0.3 is 9.84 Å². The summed E-state index contributed by atoms with van der Waals surface area (Å²) >= 11 is 5.73. The highest BCUT2D eigenvalue weighted by Gasteiger charge is 2.30. The Labute approximate surface area is 92.6 Å². The molecule has 0 unspecified atom stereocenters. The molecular weight excluding hydrogens is 216 g/mol. The van der Waals surface area contributed by atoms with Gasteiger partial charge >= 0.3 is 5.97 Å². The van der Waals surface area contributed by atoms with Crippen LogP contribution in [0, 0.1) is 0 Å². The van der Waals surface area contributed by atoms with Crippen LogP contribution in [0.25, 0.3) is 0 Å². The molecule has 0 bridgehead atoms. The molecule has 1 aromatic carbocycles. The minimum atomic E-state index is -0.954. The fourth-order valence-corrected chi connectivity index (χ4v) is 1.44. The molecule has 0 saturated heterocycles. The van der Waals surface area contributed by atoms with Crippen molar-refractivity contribution in [1.29, 1.82) is 0 Å². The Morgan fingerprint density at radius 3 is 2.47 bits per heavy atom. The minimum Gasteiger partial charge on any atom is -0.479 e. The number of halogens is 1. The SMILES string of the molecule is O=C(O)[C@@H](OC1CC1)c1ccc(Cl)cc1. The molecule has 0 heterocycles. The predicted octanol–water partition coefficient (Wildman–Crippen LogP) is 2.64. The molecule has 0 radical (unpaired) electrons. The molecule has 80 valence electrons. The van der Waals surface area contributed by atoms with Crippen molar-refractivity contribution in [3.05, 3.63) is 34.9 Å². The number of aliphatic carboxylic acids is 1. The zero-order valence-corrected chi connectivity index (χ0v) is 8.78. The Morgan fingerprint density at radius 2 is 2.00 bits per heavy atom. The van der Waals surface area contributed by atoms with E-state index in [2.05, 4.69) is 0 Å². The molecule has 15 heavy (non-hydrogen) atoms. The van der Waals surface area contributed by atoms with Crippen LogP contribution < -0.4 is 0 Å². The Kier molecular flexibility index (Phi) is 2.93. The Balaban J connectivity index is 2.15. The molecule has 0 aromatic heterocycles. The average molecular weight is 227 g/mol. The molecule has 1 aliphatic carbocycles. The third kappa shape index (κ3) is 2.70. The molecule has 1 saturated carbocycles. The van der Waals surface area contributed by atoms with Crippen molar-refractivity contribution in [3.63, 3.8) is 0 Å². The van der Waals surface area contributed by atoms with E-state index >= 15 is 0 Å². The predicted molar refractivity (Wildman–Crippen MR) is 55.9 cm³/mol. The third-order valence-electron chi connectivity index (χ3n) is 2.25. The van der Waals surface area contributed by atoms with Crippen molar-refractivity contribution in [2.24, 2.45) is 0 Å². The number of benzene rings is 1. The molecule has 1 atom stereocenters. The fraction of sp³-hybridized carbons (Fsp3) is 0.364. The van der Waals surface area contributed by atoms with E-state index in [0.717, 1.165) is 12.8 Å². The molecule has 1 fully saturated rings. The van der Waals surface area contributed by atoms with Gasteiger partial charge in [-0.1, -0.05) is 23.7 Å². The zero-order valence-electron chi connectivity index (χ0n) is 8.02. The van der Waals surface area contributed by atoms with Crippen LogP contribution >= 0.6 is 11.6 Å². The highest BCUT2D eigenvalue weighted by atomic mass is 35.5. The van der Waals surface area contributed by atoms with E-state index in [1.165, 1.54) is 0 Å². The first-order valence-corrected chi connectivity index (χ1v) is 5.18. The maximum atomic E-state index is 11.0. The van der Waals surface area contributed by atoms with Crippen LogP contribution in [0.4, 0.5) is 0 Å². The largest absolute Gasteiger partial charge is 0.479 e. The van der Waals surface area contributed by atoms with E-state index in [4.69, 9.17) is 21.4 Å². The Hall–Kier alpha value is -1.06. The van der Waals surface area contributed by atoms with Crippen LogP contribution in [0.5, 0.6) is 0 Å². The number of hydrogen-bond donors (Lipinski definition) is 1. The number of hydrogen-bond acceptors (Lipinski definition) is 2. The van der Waals surface area contributed by atoms with Gasteiger partial charge in [0.05, 0.1) is 6.10 Å². The van der Waals surface area contributed by atoms with Gasteiger partial charge in [-0.25, -0.2) is 4.79 Å². The van der Waals surface area contributed by atoms with Gasteiger partial charge in [0, 0.05) is 5.02 Å². The Bertz CT molecular complexity index is 357. The first-order chi connectivity index (χ1) is 7.16. The number of carboxylic acid groups (broad SMARTS) is 1. The molecule has 4 heteroatoms. The van der Waals surface area contributed by atoms with Gasteiger partial charge in [0.15, 0.2) is 6.10 Å². The van der Waals surface area contributed by atoms with Crippen LogP contribution in [0.1, 0.15) is 24.5 Å². The fourth-order valence-electron chi connectivity index (χ4n) is 1.31. The maximum absolute atomic E-state index is 11.0. The second kappa shape index (κ2) is 4.21. The van der Waals surface area contributed by atoms with Crippen molar-refractivity contribution in [2.45, 2.75) is 25.0 Å². The lowest BCUT2D eigenvalue weighted by molar-refractivity contribution is -0.151. The standard InChI is InChI=1S/C11H11ClO3/c12-8-3-1-7(2-4-8)10(11(13)14)15-9-5-6-9/h1-4,9-10H,5-6H2,(H,13,14)/t10-/m0/s1. The first-order valence-electron chi connectivity index (χ1n) is 4.80. The summed E-state index contributed by atoms with van der Waals surface area (Å²) in [6.45, 7) is 0. The van der Waals surface area contributed by atoms with E-state index in [9.17, 15) is 4.79 Å². The van der Waals surface area contributed by atoms with Crippen molar-refractivity contribution >= 4 is 17.6 Å². The van der Waals surface area contributed by atoms with Crippen molar-refractivity contribution in [3.8, 4) is 0 Å². The molecule has 1 aromatic rings.